The average molecular weight is 336 g/mol. The standard InChI is InChI=1S/C18H21NO3.ClH/c1-19-8-7-18-11-4-5-13(20)17(18)22-16-14(21-2)6-3-10(15(16)18)9-12(11)19;/h3-6,10-12,15,17H,7-9H2,1-2H3;1H/t10?,11-,12+,15?,17-,18-;/m0./s1. The van der Waals surface area contributed by atoms with Crippen LogP contribution in [-0.2, 0) is 14.3 Å². The Labute approximate surface area is 142 Å². The lowest BCUT2D eigenvalue weighted by Gasteiger charge is -2.59. The summed E-state index contributed by atoms with van der Waals surface area (Å²) in [5, 5.41) is 0. The Balaban J connectivity index is 0.00000135. The minimum atomic E-state index is -0.313. The molecule has 2 saturated heterocycles. The summed E-state index contributed by atoms with van der Waals surface area (Å²) in [6, 6.07) is 0.513. The number of carbonyl (C=O) groups is 1. The maximum absolute atomic E-state index is 12.6. The lowest BCUT2D eigenvalue weighted by molar-refractivity contribution is -0.140. The van der Waals surface area contributed by atoms with E-state index in [-0.39, 0.29) is 29.7 Å². The van der Waals surface area contributed by atoms with E-state index in [2.05, 4.69) is 24.1 Å². The van der Waals surface area contributed by atoms with Gasteiger partial charge < -0.3 is 14.4 Å². The van der Waals surface area contributed by atoms with Gasteiger partial charge in [-0.25, -0.2) is 0 Å². The number of likely N-dealkylation sites (tertiary alicyclic amines) is 1. The van der Waals surface area contributed by atoms with Gasteiger partial charge in [0, 0.05) is 23.3 Å². The van der Waals surface area contributed by atoms with Gasteiger partial charge in [0.1, 0.15) is 5.76 Å². The summed E-state index contributed by atoms with van der Waals surface area (Å²) in [5.74, 6) is 3.07. The maximum atomic E-state index is 12.6. The molecule has 5 rings (SSSR count). The molecule has 2 aliphatic heterocycles. The van der Waals surface area contributed by atoms with E-state index in [1.54, 1.807) is 13.2 Å². The summed E-state index contributed by atoms with van der Waals surface area (Å²) in [6.07, 6.45) is 10.1. The van der Waals surface area contributed by atoms with Crippen LogP contribution in [0.5, 0.6) is 0 Å². The van der Waals surface area contributed by atoms with Crippen LogP contribution in [0.1, 0.15) is 12.8 Å². The Morgan fingerprint density at radius 2 is 2.17 bits per heavy atom. The Hall–Kier alpha value is -1.26. The zero-order chi connectivity index (χ0) is 15.1. The van der Waals surface area contributed by atoms with Crippen LogP contribution in [0, 0.1) is 23.2 Å². The van der Waals surface area contributed by atoms with Crippen LogP contribution in [0.3, 0.4) is 0 Å². The first-order chi connectivity index (χ1) is 10.7. The molecule has 124 valence electrons. The molecule has 1 saturated carbocycles. The molecule has 3 aliphatic carbocycles. The third-order valence-corrected chi connectivity index (χ3v) is 6.72. The molecule has 2 unspecified atom stereocenters. The predicted molar refractivity (Wildman–Crippen MR) is 88.0 cm³/mol. The first kappa shape index (κ1) is 15.3. The van der Waals surface area contributed by atoms with Crippen molar-refractivity contribution in [2.75, 3.05) is 20.7 Å². The van der Waals surface area contributed by atoms with E-state index in [0.29, 0.717) is 23.8 Å². The van der Waals surface area contributed by atoms with Gasteiger partial charge >= 0.3 is 0 Å². The first-order valence-corrected chi connectivity index (χ1v) is 8.22. The fraction of sp³-hybridized carbons (Fsp3) is 0.611. The highest BCUT2D eigenvalue weighted by atomic mass is 35.5. The highest BCUT2D eigenvalue weighted by molar-refractivity contribution is 5.96. The maximum Gasteiger partial charge on any atom is 0.196 e. The molecule has 4 nitrogen and oxygen atoms in total. The van der Waals surface area contributed by atoms with E-state index in [4.69, 9.17) is 9.47 Å². The third kappa shape index (κ3) is 1.64. The molecular weight excluding hydrogens is 314 g/mol. The number of allylic oxidation sites excluding steroid dienone is 3. The largest absolute Gasteiger partial charge is 0.493 e. The molecule has 0 aromatic heterocycles. The Morgan fingerprint density at radius 3 is 2.96 bits per heavy atom. The van der Waals surface area contributed by atoms with Crippen molar-refractivity contribution < 1.29 is 14.3 Å². The van der Waals surface area contributed by atoms with Crippen LogP contribution in [-0.4, -0.2) is 43.5 Å². The van der Waals surface area contributed by atoms with E-state index < -0.39 is 0 Å². The summed E-state index contributed by atoms with van der Waals surface area (Å²) >= 11 is 0. The summed E-state index contributed by atoms with van der Waals surface area (Å²) in [4.78, 5) is 15.0. The molecule has 23 heavy (non-hydrogen) atoms. The van der Waals surface area contributed by atoms with Crippen molar-refractivity contribution in [3.63, 3.8) is 0 Å². The minimum Gasteiger partial charge on any atom is -0.493 e. The Bertz CT molecular complexity index is 655. The second-order valence-corrected chi connectivity index (χ2v) is 7.36. The summed E-state index contributed by atoms with van der Waals surface area (Å²) < 4.78 is 11.8. The van der Waals surface area contributed by atoms with E-state index in [0.717, 1.165) is 30.9 Å². The zero-order valence-corrected chi connectivity index (χ0v) is 14.2. The Morgan fingerprint density at radius 1 is 1.35 bits per heavy atom. The number of halogens is 1. The highest BCUT2D eigenvalue weighted by Crippen LogP contribution is 2.66. The molecule has 0 N–H and O–H groups in total. The number of hydrogen-bond donors (Lipinski definition) is 0. The highest BCUT2D eigenvalue weighted by Gasteiger charge is 2.69. The van der Waals surface area contributed by atoms with Gasteiger partial charge in [0.15, 0.2) is 17.6 Å². The fourth-order valence-corrected chi connectivity index (χ4v) is 5.83. The van der Waals surface area contributed by atoms with E-state index in [1.165, 1.54) is 0 Å². The van der Waals surface area contributed by atoms with Gasteiger partial charge in [0.2, 0.25) is 0 Å². The number of hydrogen-bond acceptors (Lipinski definition) is 4. The number of ether oxygens (including phenoxy) is 2. The number of rotatable bonds is 1. The normalized spacial score (nSPS) is 46.2. The lowest BCUT2D eigenvalue weighted by atomic mass is 9.48. The molecule has 5 heteroatoms. The lowest BCUT2D eigenvalue weighted by Crippen LogP contribution is -2.64. The molecule has 6 atom stereocenters. The molecule has 2 heterocycles. The SMILES string of the molecule is COC1=C2O[C@H]3C(=O)C=C[C@H]4[C@H]5CC(C=C1)C2[C@@]34CCN5C.Cl. The van der Waals surface area contributed by atoms with Crippen LogP contribution in [0.15, 0.2) is 35.8 Å². The molecule has 3 fully saturated rings. The van der Waals surface area contributed by atoms with Gasteiger partial charge in [-0.1, -0.05) is 12.2 Å². The quantitative estimate of drug-likeness (QED) is 0.737. The van der Waals surface area contributed by atoms with Gasteiger partial charge in [0.05, 0.1) is 7.11 Å². The molecule has 0 radical (unpaired) electrons. The number of ketones is 1. The van der Waals surface area contributed by atoms with E-state index in [9.17, 15) is 4.79 Å². The summed E-state index contributed by atoms with van der Waals surface area (Å²) in [6.45, 7) is 1.05. The molecule has 0 amide bonds. The van der Waals surface area contributed by atoms with Crippen molar-refractivity contribution in [1.29, 1.82) is 0 Å². The second-order valence-electron chi connectivity index (χ2n) is 7.36. The summed E-state index contributed by atoms with van der Waals surface area (Å²) in [7, 11) is 3.91. The van der Waals surface area contributed by atoms with Crippen LogP contribution in [0.2, 0.25) is 0 Å². The number of carbonyl (C=O) groups excluding carboxylic acids is 1. The smallest absolute Gasteiger partial charge is 0.196 e. The zero-order valence-electron chi connectivity index (χ0n) is 13.4. The number of methoxy groups -OCH3 is 1. The molecule has 0 aromatic carbocycles. The van der Waals surface area contributed by atoms with Crippen molar-refractivity contribution >= 4 is 18.2 Å². The summed E-state index contributed by atoms with van der Waals surface area (Å²) in [5.41, 5.74) is -0.0597. The van der Waals surface area contributed by atoms with Gasteiger partial charge in [0.25, 0.3) is 0 Å². The fourth-order valence-electron chi connectivity index (χ4n) is 5.83. The van der Waals surface area contributed by atoms with Gasteiger partial charge in [-0.15, -0.1) is 12.4 Å². The predicted octanol–water partition coefficient (Wildman–Crippen LogP) is 2.32. The molecule has 1 spiro atoms. The Kier molecular flexibility index (Phi) is 3.23. The molecular formula is C18H22ClNO3. The molecule has 0 aromatic rings. The van der Waals surface area contributed by atoms with Crippen LogP contribution in [0.4, 0.5) is 0 Å². The average Bonchev–Trinajstić information content (AvgIpc) is 2.88. The van der Waals surface area contributed by atoms with Crippen LogP contribution >= 0.6 is 12.4 Å². The topological polar surface area (TPSA) is 38.8 Å². The third-order valence-electron chi connectivity index (χ3n) is 6.72. The van der Waals surface area contributed by atoms with Crippen molar-refractivity contribution in [1.82, 2.24) is 4.90 Å². The van der Waals surface area contributed by atoms with Gasteiger partial charge in [-0.05, 0) is 44.5 Å². The van der Waals surface area contributed by atoms with Crippen molar-refractivity contribution in [3.8, 4) is 0 Å². The minimum absolute atomic E-state index is 0. The van der Waals surface area contributed by atoms with Gasteiger partial charge in [-0.3, -0.25) is 4.79 Å². The molecule has 2 bridgehead atoms. The number of nitrogens with zero attached hydrogens (tertiary/aromatic N) is 1. The second kappa shape index (κ2) is 4.87. The van der Waals surface area contributed by atoms with Crippen LogP contribution in [0.25, 0.3) is 0 Å². The van der Waals surface area contributed by atoms with Gasteiger partial charge in [-0.2, -0.15) is 0 Å². The van der Waals surface area contributed by atoms with Crippen molar-refractivity contribution in [2.45, 2.75) is 25.0 Å². The monoisotopic (exact) mass is 335 g/mol. The van der Waals surface area contributed by atoms with Crippen LogP contribution < -0.4 is 0 Å². The molecule has 5 aliphatic rings. The van der Waals surface area contributed by atoms with E-state index in [1.807, 2.05) is 6.08 Å². The van der Waals surface area contributed by atoms with E-state index >= 15 is 0 Å². The first-order valence-electron chi connectivity index (χ1n) is 8.22. The van der Waals surface area contributed by atoms with Crippen molar-refractivity contribution in [2.24, 2.45) is 23.2 Å². The number of piperidine rings is 1. The van der Waals surface area contributed by atoms with Crippen molar-refractivity contribution in [3.05, 3.63) is 35.8 Å².